The molecule has 0 aliphatic carbocycles. The van der Waals surface area contributed by atoms with E-state index in [2.05, 4.69) is 39.7 Å². The number of nitrogens with zero attached hydrogens (tertiary/aromatic N) is 3. The van der Waals surface area contributed by atoms with Crippen LogP contribution < -0.4 is 10.2 Å². The number of benzene rings is 1. The van der Waals surface area contributed by atoms with Crippen LogP contribution >= 0.6 is 23.3 Å². The highest BCUT2D eigenvalue weighted by Crippen LogP contribution is 2.36. The summed E-state index contributed by atoms with van der Waals surface area (Å²) < 4.78 is 8.79. The van der Waals surface area contributed by atoms with Gasteiger partial charge in [0.2, 0.25) is 0 Å². The minimum Gasteiger partial charge on any atom is -0.362 e. The Morgan fingerprint density at radius 3 is 2.95 bits per heavy atom. The summed E-state index contributed by atoms with van der Waals surface area (Å²) in [6.45, 7) is 8.63. The summed E-state index contributed by atoms with van der Waals surface area (Å²) >= 11 is 7.74. The van der Waals surface area contributed by atoms with E-state index in [1.54, 1.807) is 0 Å². The number of piperazine rings is 1. The molecular formula is C14H19ClN4S. The number of nitrogens with one attached hydrogen (secondary N) is 1. The van der Waals surface area contributed by atoms with E-state index < -0.39 is 0 Å². The van der Waals surface area contributed by atoms with Crippen molar-refractivity contribution in [3.63, 3.8) is 0 Å². The van der Waals surface area contributed by atoms with Crippen LogP contribution in [0.5, 0.6) is 0 Å². The molecule has 20 heavy (non-hydrogen) atoms. The predicted octanol–water partition coefficient (Wildman–Crippen LogP) is 3.17. The second-order valence-corrected chi connectivity index (χ2v) is 6.74. The number of hydrogen-bond donors (Lipinski definition) is 1. The molecule has 1 N–H and O–H groups in total. The number of halogens is 1. The second-order valence-electron chi connectivity index (χ2n) is 5.80. The Labute approximate surface area is 128 Å². The van der Waals surface area contributed by atoms with Crippen molar-refractivity contribution in [2.45, 2.75) is 32.9 Å². The zero-order valence-corrected chi connectivity index (χ0v) is 13.5. The number of anilines is 1. The topological polar surface area (TPSA) is 41.1 Å². The van der Waals surface area contributed by atoms with Crippen LogP contribution in [0, 0.1) is 5.92 Å². The van der Waals surface area contributed by atoms with Gasteiger partial charge in [0, 0.05) is 25.2 Å². The van der Waals surface area contributed by atoms with Gasteiger partial charge in [-0.3, -0.25) is 0 Å². The van der Waals surface area contributed by atoms with Gasteiger partial charge in [-0.2, -0.15) is 8.75 Å². The summed E-state index contributed by atoms with van der Waals surface area (Å²) in [5, 5.41) is 4.32. The molecule has 1 fully saturated rings. The number of rotatable bonds is 2. The first kappa shape index (κ1) is 14.0. The fraction of sp³-hybridized carbons (Fsp3) is 0.571. The van der Waals surface area contributed by atoms with Gasteiger partial charge in [0.1, 0.15) is 11.0 Å². The van der Waals surface area contributed by atoms with Crippen molar-refractivity contribution in [2.24, 2.45) is 5.92 Å². The lowest BCUT2D eigenvalue weighted by atomic mass is 9.97. The normalized spacial score (nSPS) is 23.8. The summed E-state index contributed by atoms with van der Waals surface area (Å²) in [5.41, 5.74) is 2.91. The number of hydrogen-bond acceptors (Lipinski definition) is 5. The third-order valence-corrected chi connectivity index (χ3v) is 4.80. The first-order chi connectivity index (χ1) is 9.58. The molecule has 6 heteroatoms. The van der Waals surface area contributed by atoms with Gasteiger partial charge in [0.15, 0.2) is 0 Å². The monoisotopic (exact) mass is 310 g/mol. The fourth-order valence-corrected chi connectivity index (χ4v) is 3.67. The molecule has 2 heterocycles. The molecule has 2 atom stereocenters. The molecule has 1 aliphatic rings. The van der Waals surface area contributed by atoms with Gasteiger partial charge in [-0.05, 0) is 25.0 Å². The Morgan fingerprint density at radius 1 is 1.40 bits per heavy atom. The molecule has 0 bridgehead atoms. The highest BCUT2D eigenvalue weighted by atomic mass is 35.5. The molecule has 2 unspecified atom stereocenters. The minimum atomic E-state index is 0.427. The predicted molar refractivity (Wildman–Crippen MR) is 85.9 cm³/mol. The molecule has 108 valence electrons. The van der Waals surface area contributed by atoms with Gasteiger partial charge in [-0.15, -0.1) is 0 Å². The lowest BCUT2D eigenvalue weighted by Crippen LogP contribution is -2.57. The van der Waals surface area contributed by atoms with Crippen LogP contribution in [0.2, 0.25) is 5.02 Å². The molecule has 0 saturated carbocycles. The highest BCUT2D eigenvalue weighted by molar-refractivity contribution is 7.00. The first-order valence-electron chi connectivity index (χ1n) is 6.98. The number of aromatic nitrogens is 2. The molecule has 0 amide bonds. The largest absolute Gasteiger partial charge is 0.362 e. The summed E-state index contributed by atoms with van der Waals surface area (Å²) in [6.07, 6.45) is 0. The van der Waals surface area contributed by atoms with E-state index in [1.807, 2.05) is 12.1 Å². The standard InChI is InChI=1S/C14H19ClN4S/c1-8(2)12-6-16-9(3)7-19(12)14-10(15)4-5-11-13(14)18-20-17-11/h4-5,8-9,12,16H,6-7H2,1-3H3. The van der Waals surface area contributed by atoms with Crippen LogP contribution in [0.4, 0.5) is 5.69 Å². The van der Waals surface area contributed by atoms with Gasteiger partial charge < -0.3 is 10.2 Å². The van der Waals surface area contributed by atoms with Crippen molar-refractivity contribution in [3.8, 4) is 0 Å². The van der Waals surface area contributed by atoms with Gasteiger partial charge in [-0.1, -0.05) is 25.4 Å². The molecule has 4 nitrogen and oxygen atoms in total. The Hall–Kier alpha value is -0.910. The summed E-state index contributed by atoms with van der Waals surface area (Å²) in [5.74, 6) is 0.549. The van der Waals surface area contributed by atoms with Crippen molar-refractivity contribution in [1.82, 2.24) is 14.1 Å². The van der Waals surface area contributed by atoms with Crippen molar-refractivity contribution in [1.29, 1.82) is 0 Å². The van der Waals surface area contributed by atoms with E-state index in [4.69, 9.17) is 11.6 Å². The summed E-state index contributed by atoms with van der Waals surface area (Å²) in [4.78, 5) is 2.41. The van der Waals surface area contributed by atoms with Crippen LogP contribution in [0.15, 0.2) is 12.1 Å². The Kier molecular flexibility index (Phi) is 3.84. The molecule has 0 spiro atoms. The Morgan fingerprint density at radius 2 is 2.20 bits per heavy atom. The van der Waals surface area contributed by atoms with Crippen molar-refractivity contribution in [3.05, 3.63) is 17.2 Å². The van der Waals surface area contributed by atoms with Crippen LogP contribution in [-0.4, -0.2) is 33.9 Å². The SMILES string of the molecule is CC1CN(c2c(Cl)ccc3nsnc23)C(C(C)C)CN1. The average Bonchev–Trinajstić information content (AvgIpc) is 2.86. The lowest BCUT2D eigenvalue weighted by molar-refractivity contribution is 0.349. The van der Waals surface area contributed by atoms with Gasteiger partial charge in [-0.25, -0.2) is 0 Å². The van der Waals surface area contributed by atoms with E-state index in [-0.39, 0.29) is 0 Å². The third-order valence-electron chi connectivity index (χ3n) is 3.96. The highest BCUT2D eigenvalue weighted by Gasteiger charge is 2.31. The molecule has 1 aromatic carbocycles. The Bertz CT molecular complexity index is 612. The fourth-order valence-electron chi connectivity index (χ4n) is 2.87. The first-order valence-corrected chi connectivity index (χ1v) is 8.09. The molecular weight excluding hydrogens is 292 g/mol. The Balaban J connectivity index is 2.11. The molecule has 0 radical (unpaired) electrons. The quantitative estimate of drug-likeness (QED) is 0.925. The zero-order valence-electron chi connectivity index (χ0n) is 11.9. The molecule has 1 aromatic heterocycles. The van der Waals surface area contributed by atoms with E-state index in [0.717, 1.165) is 34.8 Å². The zero-order chi connectivity index (χ0) is 14.3. The molecule has 3 rings (SSSR count). The lowest BCUT2D eigenvalue weighted by Gasteiger charge is -2.43. The third kappa shape index (κ3) is 2.38. The van der Waals surface area contributed by atoms with Crippen LogP contribution in [0.25, 0.3) is 11.0 Å². The van der Waals surface area contributed by atoms with E-state index in [1.165, 1.54) is 11.7 Å². The molecule has 1 aliphatic heterocycles. The van der Waals surface area contributed by atoms with Crippen LogP contribution in [0.1, 0.15) is 20.8 Å². The van der Waals surface area contributed by atoms with E-state index in [9.17, 15) is 0 Å². The number of fused-ring (bicyclic) bond motifs is 1. The van der Waals surface area contributed by atoms with Crippen LogP contribution in [-0.2, 0) is 0 Å². The molecule has 2 aromatic rings. The maximum Gasteiger partial charge on any atom is 0.129 e. The second kappa shape index (κ2) is 5.47. The van der Waals surface area contributed by atoms with Gasteiger partial charge >= 0.3 is 0 Å². The summed E-state index contributed by atoms with van der Waals surface area (Å²) in [6, 6.07) is 4.75. The maximum atomic E-state index is 6.49. The van der Waals surface area contributed by atoms with Crippen LogP contribution in [0.3, 0.4) is 0 Å². The van der Waals surface area contributed by atoms with E-state index >= 15 is 0 Å². The van der Waals surface area contributed by atoms with Gasteiger partial charge in [0.05, 0.1) is 22.4 Å². The van der Waals surface area contributed by atoms with Crippen molar-refractivity contribution >= 4 is 40.0 Å². The van der Waals surface area contributed by atoms with Crippen molar-refractivity contribution in [2.75, 3.05) is 18.0 Å². The van der Waals surface area contributed by atoms with Crippen molar-refractivity contribution < 1.29 is 0 Å². The summed E-state index contributed by atoms with van der Waals surface area (Å²) in [7, 11) is 0. The van der Waals surface area contributed by atoms with E-state index in [0.29, 0.717) is 18.0 Å². The minimum absolute atomic E-state index is 0.427. The molecule has 1 saturated heterocycles. The maximum absolute atomic E-state index is 6.49. The smallest absolute Gasteiger partial charge is 0.129 e. The van der Waals surface area contributed by atoms with Gasteiger partial charge in [0.25, 0.3) is 0 Å². The average molecular weight is 311 g/mol.